The summed E-state index contributed by atoms with van der Waals surface area (Å²) in [6.07, 6.45) is 1.50. The van der Waals surface area contributed by atoms with Crippen molar-refractivity contribution in [3.8, 4) is 0 Å². The Morgan fingerprint density at radius 3 is 2.56 bits per heavy atom. The molecule has 9 heteroatoms. The molecule has 0 saturated carbocycles. The number of carbonyl (C=O) groups is 1. The third kappa shape index (κ3) is 4.50. The summed E-state index contributed by atoms with van der Waals surface area (Å²) < 4.78 is 28.1. The highest BCUT2D eigenvalue weighted by atomic mass is 32.2. The number of rotatable bonds is 7. The van der Waals surface area contributed by atoms with Gasteiger partial charge in [0.15, 0.2) is 0 Å². The number of nitrogens with one attached hydrogen (secondary N) is 2. The summed E-state index contributed by atoms with van der Waals surface area (Å²) in [5, 5.41) is 13.7. The summed E-state index contributed by atoms with van der Waals surface area (Å²) in [4.78, 5) is 22.4. The van der Waals surface area contributed by atoms with Gasteiger partial charge in [0, 0.05) is 18.7 Å². The summed E-state index contributed by atoms with van der Waals surface area (Å²) in [6, 6.07) is 8.41. The summed E-state index contributed by atoms with van der Waals surface area (Å²) in [6.45, 7) is 6.89. The van der Waals surface area contributed by atoms with Crippen molar-refractivity contribution in [2.75, 3.05) is 11.3 Å². The Kier molecular flexibility index (Phi) is 5.96. The minimum absolute atomic E-state index is 0.0719. The monoisotopic (exact) mass is 389 g/mol. The molecule has 0 heterocycles. The molecule has 8 nitrogen and oxygen atoms in total. The highest BCUT2D eigenvalue weighted by Gasteiger charge is 2.24. The van der Waals surface area contributed by atoms with Crippen LogP contribution in [0.3, 0.4) is 0 Å². The largest absolute Gasteiger partial charge is 0.349 e. The number of benzene rings is 2. The number of nitro groups is 1. The van der Waals surface area contributed by atoms with Crippen LogP contribution in [0, 0.1) is 24.0 Å². The first-order chi connectivity index (χ1) is 12.7. The molecule has 0 unspecified atom stereocenters. The number of non-ortho nitro benzene ring substituents is 1. The Labute approximate surface area is 157 Å². The molecule has 0 bridgehead atoms. The lowest BCUT2D eigenvalue weighted by molar-refractivity contribution is -0.385. The molecule has 0 aromatic heterocycles. The van der Waals surface area contributed by atoms with Gasteiger partial charge in [-0.15, -0.1) is 6.58 Å². The number of para-hydroxylation sites is 1. The smallest absolute Gasteiger partial charge is 0.271 e. The highest BCUT2D eigenvalue weighted by Crippen LogP contribution is 2.28. The number of hydrogen-bond donors (Lipinski definition) is 2. The standard InChI is InChI=1S/C18H19N3O5S/c1-4-9-19-18(22)15-7-5-6-8-16(15)20-27(25,26)17-11-14(21(23)24)10-12(2)13(17)3/h4-8,10-11,20H,1,9H2,2-3H3,(H,19,22). The number of amides is 1. The van der Waals surface area contributed by atoms with Crippen molar-refractivity contribution >= 4 is 27.3 Å². The zero-order valence-electron chi connectivity index (χ0n) is 14.9. The normalized spacial score (nSPS) is 10.9. The fourth-order valence-electron chi connectivity index (χ4n) is 2.42. The summed E-state index contributed by atoms with van der Waals surface area (Å²) in [5.41, 5.74) is 0.740. The lowest BCUT2D eigenvalue weighted by atomic mass is 10.1. The van der Waals surface area contributed by atoms with Crippen LogP contribution < -0.4 is 10.0 Å². The predicted molar refractivity (Wildman–Crippen MR) is 102 cm³/mol. The van der Waals surface area contributed by atoms with E-state index < -0.39 is 20.9 Å². The second-order valence-electron chi connectivity index (χ2n) is 5.79. The van der Waals surface area contributed by atoms with Crippen molar-refractivity contribution < 1.29 is 18.1 Å². The zero-order valence-corrected chi connectivity index (χ0v) is 15.7. The molecule has 142 valence electrons. The van der Waals surface area contributed by atoms with E-state index in [1.54, 1.807) is 26.0 Å². The first-order valence-electron chi connectivity index (χ1n) is 7.94. The van der Waals surface area contributed by atoms with E-state index in [1.165, 1.54) is 24.3 Å². The number of nitro benzene ring substituents is 1. The Hall–Kier alpha value is -3.20. The van der Waals surface area contributed by atoms with E-state index in [-0.39, 0.29) is 28.4 Å². The van der Waals surface area contributed by atoms with Gasteiger partial charge in [0.1, 0.15) is 0 Å². The average molecular weight is 389 g/mol. The SMILES string of the molecule is C=CCNC(=O)c1ccccc1NS(=O)(=O)c1cc([N+](=O)[O-])cc(C)c1C. The lowest BCUT2D eigenvalue weighted by Gasteiger charge is -2.14. The van der Waals surface area contributed by atoms with Crippen molar-refractivity contribution in [2.24, 2.45) is 0 Å². The second kappa shape index (κ2) is 8.00. The number of sulfonamides is 1. The number of nitrogens with zero attached hydrogens (tertiary/aromatic N) is 1. The summed E-state index contributed by atoms with van der Waals surface area (Å²) in [5.74, 6) is -0.472. The van der Waals surface area contributed by atoms with Crippen LogP contribution in [0.15, 0.2) is 53.9 Å². The van der Waals surface area contributed by atoms with E-state index in [0.29, 0.717) is 11.1 Å². The first kappa shape index (κ1) is 20.1. The van der Waals surface area contributed by atoms with Crippen LogP contribution in [-0.4, -0.2) is 25.8 Å². The van der Waals surface area contributed by atoms with Gasteiger partial charge in [-0.3, -0.25) is 19.6 Å². The maximum absolute atomic E-state index is 12.9. The Morgan fingerprint density at radius 2 is 1.93 bits per heavy atom. The third-order valence-electron chi connectivity index (χ3n) is 3.93. The van der Waals surface area contributed by atoms with Crippen molar-refractivity contribution in [2.45, 2.75) is 18.7 Å². The maximum atomic E-state index is 12.9. The van der Waals surface area contributed by atoms with Gasteiger partial charge in [0.05, 0.1) is 21.1 Å². The number of hydrogen-bond acceptors (Lipinski definition) is 5. The van der Waals surface area contributed by atoms with Crippen LogP contribution in [0.5, 0.6) is 0 Å². The molecule has 0 atom stereocenters. The first-order valence-corrected chi connectivity index (χ1v) is 9.42. The number of carbonyl (C=O) groups excluding carboxylic acids is 1. The molecule has 2 N–H and O–H groups in total. The zero-order chi connectivity index (χ0) is 20.2. The van der Waals surface area contributed by atoms with E-state index in [9.17, 15) is 23.3 Å². The summed E-state index contributed by atoms with van der Waals surface area (Å²) >= 11 is 0. The van der Waals surface area contributed by atoms with Crippen LogP contribution in [0.25, 0.3) is 0 Å². The molecule has 2 aromatic rings. The molecule has 0 aliphatic heterocycles. The Bertz CT molecular complexity index is 1020. The van der Waals surface area contributed by atoms with E-state index in [1.807, 2.05) is 0 Å². The summed E-state index contributed by atoms with van der Waals surface area (Å²) in [7, 11) is -4.15. The van der Waals surface area contributed by atoms with Gasteiger partial charge >= 0.3 is 0 Å². The third-order valence-corrected chi connectivity index (χ3v) is 5.42. The van der Waals surface area contributed by atoms with Crippen LogP contribution in [-0.2, 0) is 10.0 Å². The lowest BCUT2D eigenvalue weighted by Crippen LogP contribution is -2.25. The van der Waals surface area contributed by atoms with Gasteiger partial charge in [-0.2, -0.15) is 0 Å². The quantitative estimate of drug-likeness (QED) is 0.429. The Morgan fingerprint density at radius 1 is 1.26 bits per heavy atom. The van der Waals surface area contributed by atoms with Gasteiger partial charge in [0.2, 0.25) is 0 Å². The molecule has 0 saturated heterocycles. The fourth-order valence-corrected chi connectivity index (χ4v) is 3.84. The van der Waals surface area contributed by atoms with E-state index in [4.69, 9.17) is 0 Å². The molecule has 0 fully saturated rings. The van der Waals surface area contributed by atoms with Crippen molar-refractivity contribution in [1.82, 2.24) is 5.32 Å². The van der Waals surface area contributed by atoms with Crippen LogP contribution >= 0.6 is 0 Å². The minimum atomic E-state index is -4.15. The van der Waals surface area contributed by atoms with E-state index in [0.717, 1.165) is 6.07 Å². The number of anilines is 1. The van der Waals surface area contributed by atoms with Gasteiger partial charge in [-0.05, 0) is 37.1 Å². The Balaban J connectivity index is 2.48. The van der Waals surface area contributed by atoms with Crippen molar-refractivity contribution in [1.29, 1.82) is 0 Å². The minimum Gasteiger partial charge on any atom is -0.349 e. The molecule has 27 heavy (non-hydrogen) atoms. The van der Waals surface area contributed by atoms with Gasteiger partial charge in [-0.1, -0.05) is 18.2 Å². The molecule has 0 radical (unpaired) electrons. The molecular formula is C18H19N3O5S. The molecule has 2 rings (SSSR count). The van der Waals surface area contributed by atoms with Gasteiger partial charge in [0.25, 0.3) is 21.6 Å². The van der Waals surface area contributed by atoms with Gasteiger partial charge in [-0.25, -0.2) is 8.42 Å². The van der Waals surface area contributed by atoms with Crippen molar-refractivity contribution in [3.05, 3.63) is 75.9 Å². The molecule has 0 aliphatic rings. The highest BCUT2D eigenvalue weighted by molar-refractivity contribution is 7.92. The molecule has 2 aromatic carbocycles. The van der Waals surface area contributed by atoms with Crippen LogP contribution in [0.2, 0.25) is 0 Å². The molecular weight excluding hydrogens is 370 g/mol. The second-order valence-corrected chi connectivity index (χ2v) is 7.44. The molecule has 0 aliphatic carbocycles. The van der Waals surface area contributed by atoms with Crippen LogP contribution in [0.1, 0.15) is 21.5 Å². The number of aryl methyl sites for hydroxylation is 1. The van der Waals surface area contributed by atoms with Crippen LogP contribution in [0.4, 0.5) is 11.4 Å². The topological polar surface area (TPSA) is 118 Å². The molecule has 0 spiro atoms. The van der Waals surface area contributed by atoms with Crippen molar-refractivity contribution in [3.63, 3.8) is 0 Å². The predicted octanol–water partition coefficient (Wildman–Crippen LogP) is 2.93. The van der Waals surface area contributed by atoms with E-state index in [2.05, 4.69) is 16.6 Å². The van der Waals surface area contributed by atoms with E-state index >= 15 is 0 Å². The van der Waals surface area contributed by atoms with Gasteiger partial charge < -0.3 is 5.32 Å². The fraction of sp³-hybridized carbons (Fsp3) is 0.167. The maximum Gasteiger partial charge on any atom is 0.271 e. The molecule has 1 amide bonds. The average Bonchev–Trinajstić information content (AvgIpc) is 2.61.